The molecule has 0 saturated heterocycles. The molecule has 0 bridgehead atoms. The Balaban J connectivity index is 1.35. The second-order valence-electron chi connectivity index (χ2n) is 7.91. The van der Waals surface area contributed by atoms with Crippen LogP contribution in [0.15, 0.2) is 36.5 Å². The van der Waals surface area contributed by atoms with Crippen molar-refractivity contribution in [1.29, 1.82) is 0 Å². The average Bonchev–Trinajstić information content (AvgIpc) is 3.27. The van der Waals surface area contributed by atoms with Crippen molar-refractivity contribution in [2.45, 2.75) is 58.4 Å². The number of nitrogens with one attached hydrogen (secondary N) is 1. The van der Waals surface area contributed by atoms with Crippen LogP contribution < -0.4 is 5.32 Å². The first-order chi connectivity index (χ1) is 14.1. The van der Waals surface area contributed by atoms with E-state index in [1.165, 1.54) is 43.5 Å². The number of nitrogens with zero attached hydrogens (tertiary/aromatic N) is 4. The second-order valence-corrected chi connectivity index (χ2v) is 7.91. The quantitative estimate of drug-likeness (QED) is 0.646. The summed E-state index contributed by atoms with van der Waals surface area (Å²) in [4.78, 5) is 12.3. The molecule has 1 saturated carbocycles. The first-order valence-corrected chi connectivity index (χ1v) is 10.6. The molecule has 0 atom stereocenters. The van der Waals surface area contributed by atoms with Gasteiger partial charge in [0.05, 0.1) is 0 Å². The van der Waals surface area contributed by atoms with Crippen molar-refractivity contribution in [3.63, 3.8) is 0 Å². The summed E-state index contributed by atoms with van der Waals surface area (Å²) in [6, 6.07) is 8.60. The van der Waals surface area contributed by atoms with Crippen LogP contribution >= 0.6 is 0 Å². The van der Waals surface area contributed by atoms with E-state index in [0.29, 0.717) is 19.0 Å². The van der Waals surface area contributed by atoms with Crippen LogP contribution in [0.5, 0.6) is 0 Å². The number of aromatic nitrogens is 4. The van der Waals surface area contributed by atoms with Crippen LogP contribution in [0.3, 0.4) is 0 Å². The molecule has 0 aromatic carbocycles. The van der Waals surface area contributed by atoms with E-state index in [2.05, 4.69) is 40.0 Å². The topological polar surface area (TPSA) is 64.2 Å². The molecule has 29 heavy (non-hydrogen) atoms. The lowest BCUT2D eigenvalue weighted by molar-refractivity contribution is -0.116. The molecule has 1 aliphatic rings. The second kappa shape index (κ2) is 8.64. The summed E-state index contributed by atoms with van der Waals surface area (Å²) in [5.41, 5.74) is 4.50. The maximum Gasteiger partial charge on any atom is 0.244 e. The van der Waals surface area contributed by atoms with Crippen LogP contribution in [0.2, 0.25) is 0 Å². The van der Waals surface area contributed by atoms with Gasteiger partial charge in [0.1, 0.15) is 5.82 Å². The highest BCUT2D eigenvalue weighted by Crippen LogP contribution is 2.32. The van der Waals surface area contributed by atoms with Gasteiger partial charge in [0, 0.05) is 42.7 Å². The molecule has 6 heteroatoms. The number of pyridine rings is 1. The third kappa shape index (κ3) is 4.26. The number of amides is 1. The molecule has 1 N–H and O–H groups in total. The number of aryl methyl sites for hydroxylation is 1. The first kappa shape index (κ1) is 19.4. The van der Waals surface area contributed by atoms with E-state index in [4.69, 9.17) is 0 Å². The van der Waals surface area contributed by atoms with Crippen LogP contribution in [0, 0.1) is 13.8 Å². The molecule has 3 aromatic heterocycles. The summed E-state index contributed by atoms with van der Waals surface area (Å²) in [6.45, 7) is 4.86. The van der Waals surface area contributed by atoms with Crippen LogP contribution in [0.1, 0.15) is 60.9 Å². The summed E-state index contributed by atoms with van der Waals surface area (Å²) >= 11 is 0. The zero-order valence-electron chi connectivity index (χ0n) is 17.3. The fraction of sp³-hybridized carbons (Fsp3) is 0.435. The lowest BCUT2D eigenvalue weighted by Gasteiger charge is -2.26. The van der Waals surface area contributed by atoms with Gasteiger partial charge >= 0.3 is 0 Å². The molecule has 4 rings (SSSR count). The maximum absolute atomic E-state index is 12.3. The zero-order chi connectivity index (χ0) is 20.2. The molecule has 3 aromatic rings. The van der Waals surface area contributed by atoms with E-state index in [0.717, 1.165) is 17.0 Å². The summed E-state index contributed by atoms with van der Waals surface area (Å²) in [5.74, 6) is 0.766. The Morgan fingerprint density at radius 3 is 2.86 bits per heavy atom. The van der Waals surface area contributed by atoms with Crippen molar-refractivity contribution in [3.05, 3.63) is 59.3 Å². The van der Waals surface area contributed by atoms with Crippen LogP contribution in [-0.4, -0.2) is 31.6 Å². The highest BCUT2D eigenvalue weighted by molar-refractivity contribution is 5.91. The predicted octanol–water partition coefficient (Wildman–Crippen LogP) is 4.02. The van der Waals surface area contributed by atoms with Gasteiger partial charge in [-0.1, -0.05) is 25.3 Å². The van der Waals surface area contributed by atoms with Crippen LogP contribution in [0.4, 0.5) is 0 Å². The molecule has 152 valence electrons. The van der Waals surface area contributed by atoms with Gasteiger partial charge in [-0.25, -0.2) is 0 Å². The molecule has 3 heterocycles. The van der Waals surface area contributed by atoms with Crippen molar-refractivity contribution in [3.8, 4) is 0 Å². The third-order valence-electron chi connectivity index (χ3n) is 5.91. The molecule has 1 fully saturated rings. The summed E-state index contributed by atoms with van der Waals surface area (Å²) < 4.78 is 4.41. The van der Waals surface area contributed by atoms with Crippen molar-refractivity contribution >= 4 is 17.6 Å². The van der Waals surface area contributed by atoms with E-state index >= 15 is 0 Å². The fourth-order valence-corrected chi connectivity index (χ4v) is 4.46. The monoisotopic (exact) mass is 391 g/mol. The molecule has 0 unspecified atom stereocenters. The SMILES string of the molecule is Cc1cc(/C=C/C(=O)NCCc2nnc3ccccn23)c(C)n1C1CCCCC1. The van der Waals surface area contributed by atoms with Gasteiger partial charge in [-0.15, -0.1) is 10.2 Å². The predicted molar refractivity (Wildman–Crippen MR) is 115 cm³/mol. The first-order valence-electron chi connectivity index (χ1n) is 10.6. The average molecular weight is 392 g/mol. The van der Waals surface area contributed by atoms with E-state index in [1.54, 1.807) is 6.08 Å². The van der Waals surface area contributed by atoms with Gasteiger partial charge in [0.15, 0.2) is 5.65 Å². The largest absolute Gasteiger partial charge is 0.352 e. The van der Waals surface area contributed by atoms with E-state index in [1.807, 2.05) is 34.9 Å². The molecule has 1 aliphatic carbocycles. The number of carbonyl (C=O) groups is 1. The van der Waals surface area contributed by atoms with Gasteiger partial charge < -0.3 is 9.88 Å². The molecular formula is C23H29N5O. The number of fused-ring (bicyclic) bond motifs is 1. The molecule has 6 nitrogen and oxygen atoms in total. The van der Waals surface area contributed by atoms with Gasteiger partial charge in [-0.05, 0) is 56.5 Å². The number of hydrogen-bond acceptors (Lipinski definition) is 3. The highest BCUT2D eigenvalue weighted by atomic mass is 16.1. The minimum atomic E-state index is -0.0821. The molecule has 1 amide bonds. The van der Waals surface area contributed by atoms with Crippen molar-refractivity contribution in [2.24, 2.45) is 0 Å². The van der Waals surface area contributed by atoms with E-state index < -0.39 is 0 Å². The van der Waals surface area contributed by atoms with Gasteiger partial charge in [0.2, 0.25) is 5.91 Å². The van der Waals surface area contributed by atoms with Crippen LogP contribution in [0.25, 0.3) is 11.7 Å². The Bertz CT molecular complexity index is 1020. The van der Waals surface area contributed by atoms with Gasteiger partial charge in [-0.2, -0.15) is 0 Å². The summed E-state index contributed by atoms with van der Waals surface area (Å²) in [5, 5.41) is 11.3. The Hall–Kier alpha value is -2.89. The van der Waals surface area contributed by atoms with Crippen molar-refractivity contribution in [1.82, 2.24) is 24.5 Å². The smallest absolute Gasteiger partial charge is 0.244 e. The Morgan fingerprint density at radius 2 is 2.03 bits per heavy atom. The lowest BCUT2D eigenvalue weighted by Crippen LogP contribution is -2.24. The Labute approximate surface area is 171 Å². The Kier molecular flexibility index (Phi) is 5.79. The van der Waals surface area contributed by atoms with Gasteiger partial charge in [0.25, 0.3) is 0 Å². The zero-order valence-corrected chi connectivity index (χ0v) is 17.3. The van der Waals surface area contributed by atoms with Crippen LogP contribution in [-0.2, 0) is 11.2 Å². The molecule has 0 spiro atoms. The number of rotatable bonds is 6. The molecule has 0 radical (unpaired) electrons. The van der Waals surface area contributed by atoms with E-state index in [-0.39, 0.29) is 5.91 Å². The lowest BCUT2D eigenvalue weighted by atomic mass is 9.95. The molecule has 0 aliphatic heterocycles. The van der Waals surface area contributed by atoms with E-state index in [9.17, 15) is 4.79 Å². The molecular weight excluding hydrogens is 362 g/mol. The number of hydrogen-bond donors (Lipinski definition) is 1. The minimum Gasteiger partial charge on any atom is -0.352 e. The standard InChI is InChI=1S/C23H29N5O/c1-17-16-19(18(2)28(17)20-8-4-3-5-9-20)11-12-23(29)24-14-13-22-26-25-21-10-6-7-15-27(21)22/h6-7,10-12,15-16,20H,3-5,8-9,13-14H2,1-2H3,(H,24,29)/b12-11+. The minimum absolute atomic E-state index is 0.0821. The fourth-order valence-electron chi connectivity index (χ4n) is 4.46. The van der Waals surface area contributed by atoms with Crippen molar-refractivity contribution < 1.29 is 4.79 Å². The maximum atomic E-state index is 12.3. The third-order valence-corrected chi connectivity index (χ3v) is 5.91. The summed E-state index contributed by atoms with van der Waals surface area (Å²) in [7, 11) is 0. The summed E-state index contributed by atoms with van der Waals surface area (Å²) in [6.07, 6.45) is 12.7. The highest BCUT2D eigenvalue weighted by Gasteiger charge is 2.19. The van der Waals surface area contributed by atoms with Gasteiger partial charge in [-0.3, -0.25) is 9.20 Å². The number of carbonyl (C=O) groups excluding carboxylic acids is 1. The normalized spacial score (nSPS) is 15.4. The van der Waals surface area contributed by atoms with Crippen molar-refractivity contribution in [2.75, 3.05) is 6.54 Å². The Morgan fingerprint density at radius 1 is 1.21 bits per heavy atom.